The number of hydrogen-bond acceptors (Lipinski definition) is 6. The van der Waals surface area contributed by atoms with E-state index >= 15 is 0 Å². The number of fused-ring (bicyclic) bond motifs is 2. The van der Waals surface area contributed by atoms with Gasteiger partial charge in [-0.2, -0.15) is 4.31 Å². The van der Waals surface area contributed by atoms with E-state index in [-0.39, 0.29) is 17.4 Å². The van der Waals surface area contributed by atoms with E-state index in [4.69, 9.17) is 0 Å². The number of rotatable bonds is 5. The SMILES string of the molecule is Cc1c(C(=O)NCC2CCN(S(=O)(=O)c3ccccc3)CC2)sc2nc3n(c(=O)c12)CCC3. The highest BCUT2D eigenvalue weighted by Gasteiger charge is 2.30. The van der Waals surface area contributed by atoms with E-state index in [9.17, 15) is 18.0 Å². The second-order valence-corrected chi connectivity index (χ2v) is 11.6. The molecule has 0 saturated carbocycles. The zero-order chi connectivity index (χ0) is 23.2. The molecule has 1 amide bonds. The molecule has 1 saturated heterocycles. The van der Waals surface area contributed by atoms with Crippen LogP contribution < -0.4 is 10.9 Å². The summed E-state index contributed by atoms with van der Waals surface area (Å²) in [7, 11) is -3.48. The van der Waals surface area contributed by atoms with Crippen LogP contribution in [0.3, 0.4) is 0 Å². The third kappa shape index (κ3) is 4.00. The first kappa shape index (κ1) is 22.2. The summed E-state index contributed by atoms with van der Waals surface area (Å²) in [5.74, 6) is 0.815. The highest BCUT2D eigenvalue weighted by atomic mass is 32.2. The maximum atomic E-state index is 12.9. The quantitative estimate of drug-likeness (QED) is 0.597. The maximum absolute atomic E-state index is 12.9. The van der Waals surface area contributed by atoms with Crippen molar-refractivity contribution in [2.24, 2.45) is 5.92 Å². The van der Waals surface area contributed by atoms with Gasteiger partial charge in [0.2, 0.25) is 10.0 Å². The molecule has 2 aliphatic rings. The van der Waals surface area contributed by atoms with Crippen LogP contribution in [0.25, 0.3) is 10.2 Å². The van der Waals surface area contributed by atoms with Crippen LogP contribution in [0, 0.1) is 12.8 Å². The minimum Gasteiger partial charge on any atom is -0.351 e. The number of carbonyl (C=O) groups is 1. The van der Waals surface area contributed by atoms with E-state index in [0.717, 1.165) is 18.7 Å². The molecule has 174 valence electrons. The minimum atomic E-state index is -3.48. The van der Waals surface area contributed by atoms with Crippen molar-refractivity contribution in [2.75, 3.05) is 19.6 Å². The molecule has 1 N–H and O–H groups in total. The van der Waals surface area contributed by atoms with Gasteiger partial charge in [0.1, 0.15) is 10.7 Å². The molecule has 3 aromatic rings. The predicted octanol–water partition coefficient (Wildman–Crippen LogP) is 2.54. The molecular weight excluding hydrogens is 460 g/mol. The molecule has 0 aliphatic carbocycles. The van der Waals surface area contributed by atoms with Crippen molar-refractivity contribution in [3.05, 3.63) is 57.0 Å². The number of nitrogens with one attached hydrogen (secondary N) is 1. The maximum Gasteiger partial charge on any atom is 0.262 e. The van der Waals surface area contributed by atoms with Gasteiger partial charge >= 0.3 is 0 Å². The van der Waals surface area contributed by atoms with Gasteiger partial charge in [0.05, 0.1) is 15.2 Å². The Morgan fingerprint density at radius 3 is 2.64 bits per heavy atom. The largest absolute Gasteiger partial charge is 0.351 e. The summed E-state index contributed by atoms with van der Waals surface area (Å²) in [6, 6.07) is 8.48. The van der Waals surface area contributed by atoms with Crippen LogP contribution in [0.15, 0.2) is 40.0 Å². The fraction of sp³-hybridized carbons (Fsp3) is 0.435. The highest BCUT2D eigenvalue weighted by Crippen LogP contribution is 2.29. The molecule has 33 heavy (non-hydrogen) atoms. The van der Waals surface area contributed by atoms with Gasteiger partial charge in [-0.15, -0.1) is 11.3 Å². The Balaban J connectivity index is 1.23. The summed E-state index contributed by atoms with van der Waals surface area (Å²) in [4.78, 5) is 31.9. The monoisotopic (exact) mass is 486 g/mol. The van der Waals surface area contributed by atoms with Crippen molar-refractivity contribution >= 4 is 37.5 Å². The van der Waals surface area contributed by atoms with E-state index in [1.54, 1.807) is 34.9 Å². The van der Waals surface area contributed by atoms with Crippen LogP contribution in [-0.2, 0) is 23.0 Å². The van der Waals surface area contributed by atoms with Gasteiger partial charge in [0, 0.05) is 32.6 Å². The normalized spacial score (nSPS) is 17.4. The molecule has 0 unspecified atom stereocenters. The van der Waals surface area contributed by atoms with Gasteiger partial charge in [0.25, 0.3) is 11.5 Å². The Morgan fingerprint density at radius 2 is 1.91 bits per heavy atom. The Kier molecular flexibility index (Phi) is 5.84. The molecule has 0 bridgehead atoms. The molecule has 4 heterocycles. The second-order valence-electron chi connectivity index (χ2n) is 8.70. The van der Waals surface area contributed by atoms with Crippen LogP contribution in [-0.4, -0.2) is 47.8 Å². The zero-order valence-corrected chi connectivity index (χ0v) is 20.0. The summed E-state index contributed by atoms with van der Waals surface area (Å²) in [5, 5.41) is 3.55. The molecule has 0 spiro atoms. The second kappa shape index (κ2) is 8.66. The number of aryl methyl sites for hydroxylation is 2. The predicted molar refractivity (Wildman–Crippen MR) is 127 cm³/mol. The van der Waals surface area contributed by atoms with Crippen LogP contribution >= 0.6 is 11.3 Å². The lowest BCUT2D eigenvalue weighted by Crippen LogP contribution is -2.41. The molecule has 0 atom stereocenters. The van der Waals surface area contributed by atoms with Crippen molar-refractivity contribution in [1.82, 2.24) is 19.2 Å². The van der Waals surface area contributed by atoms with Crippen molar-refractivity contribution in [2.45, 2.75) is 44.0 Å². The Hall–Kier alpha value is -2.56. The summed E-state index contributed by atoms with van der Waals surface area (Å²) in [6.07, 6.45) is 3.10. The number of thiophene rings is 1. The molecule has 0 radical (unpaired) electrons. The van der Waals surface area contributed by atoms with Gasteiger partial charge in [0.15, 0.2) is 0 Å². The lowest BCUT2D eigenvalue weighted by Gasteiger charge is -2.31. The smallest absolute Gasteiger partial charge is 0.262 e. The standard InChI is InChI=1S/C23H26N4O4S2/c1-15-19-22(25-18-8-5-11-27(18)23(19)29)32-20(15)21(28)24-14-16-9-12-26(13-10-16)33(30,31)17-6-3-2-4-7-17/h2-4,6-7,16H,5,8-14H2,1H3,(H,24,28). The number of benzene rings is 1. The van der Waals surface area contributed by atoms with Crippen molar-refractivity contribution < 1.29 is 13.2 Å². The molecule has 5 rings (SSSR count). The van der Waals surface area contributed by atoms with Gasteiger partial charge < -0.3 is 5.32 Å². The first-order valence-corrected chi connectivity index (χ1v) is 13.5. The minimum absolute atomic E-state index is 0.0488. The topological polar surface area (TPSA) is 101 Å². The Bertz CT molecular complexity index is 1370. The fourth-order valence-electron chi connectivity index (χ4n) is 4.70. The molecule has 2 aliphatic heterocycles. The third-order valence-corrected chi connectivity index (χ3v) is 9.72. The Labute approximate surface area is 196 Å². The summed E-state index contributed by atoms with van der Waals surface area (Å²) in [6.45, 7) is 3.85. The summed E-state index contributed by atoms with van der Waals surface area (Å²) < 4.78 is 28.8. The lowest BCUT2D eigenvalue weighted by molar-refractivity contribution is 0.0945. The fourth-order valence-corrected chi connectivity index (χ4v) is 7.30. The molecule has 1 fully saturated rings. The first-order valence-electron chi connectivity index (χ1n) is 11.2. The van der Waals surface area contributed by atoms with Crippen LogP contribution in [0.2, 0.25) is 0 Å². The van der Waals surface area contributed by atoms with Gasteiger partial charge in [-0.1, -0.05) is 18.2 Å². The van der Waals surface area contributed by atoms with Crippen LogP contribution in [0.5, 0.6) is 0 Å². The van der Waals surface area contributed by atoms with Crippen molar-refractivity contribution in [3.63, 3.8) is 0 Å². The molecule has 8 nitrogen and oxygen atoms in total. The summed E-state index contributed by atoms with van der Waals surface area (Å²) in [5.41, 5.74) is 0.642. The molecule has 10 heteroatoms. The molecule has 2 aromatic heterocycles. The molecule has 1 aromatic carbocycles. The van der Waals surface area contributed by atoms with Gasteiger partial charge in [-0.25, -0.2) is 13.4 Å². The number of aromatic nitrogens is 2. The number of carbonyl (C=O) groups excluding carboxylic acids is 1. The number of piperidine rings is 1. The van der Waals surface area contributed by atoms with E-state index in [0.29, 0.717) is 64.6 Å². The van der Waals surface area contributed by atoms with Gasteiger partial charge in [-0.05, 0) is 49.8 Å². The van der Waals surface area contributed by atoms with E-state index in [1.165, 1.54) is 15.6 Å². The third-order valence-electron chi connectivity index (χ3n) is 6.62. The van der Waals surface area contributed by atoms with E-state index in [1.807, 2.05) is 6.92 Å². The number of sulfonamides is 1. The average molecular weight is 487 g/mol. The van der Waals surface area contributed by atoms with E-state index < -0.39 is 10.0 Å². The van der Waals surface area contributed by atoms with Crippen molar-refractivity contribution in [1.29, 1.82) is 0 Å². The average Bonchev–Trinajstić information content (AvgIpc) is 3.43. The van der Waals surface area contributed by atoms with E-state index in [2.05, 4.69) is 10.3 Å². The molecular formula is C23H26N4O4S2. The highest BCUT2D eigenvalue weighted by molar-refractivity contribution is 7.89. The number of nitrogens with zero attached hydrogens (tertiary/aromatic N) is 3. The summed E-state index contributed by atoms with van der Waals surface area (Å²) >= 11 is 1.28. The lowest BCUT2D eigenvalue weighted by atomic mass is 9.98. The number of amides is 1. The van der Waals surface area contributed by atoms with Crippen molar-refractivity contribution in [3.8, 4) is 0 Å². The van der Waals surface area contributed by atoms with Crippen LogP contribution in [0.4, 0.5) is 0 Å². The zero-order valence-electron chi connectivity index (χ0n) is 18.4. The first-order chi connectivity index (χ1) is 15.9. The number of hydrogen-bond donors (Lipinski definition) is 1. The van der Waals surface area contributed by atoms with Crippen LogP contribution in [0.1, 0.15) is 40.3 Å². The van der Waals surface area contributed by atoms with Gasteiger partial charge in [-0.3, -0.25) is 14.2 Å². The Morgan fingerprint density at radius 1 is 1.18 bits per heavy atom.